The van der Waals surface area contributed by atoms with Gasteiger partial charge in [-0.3, -0.25) is 4.79 Å². The first-order valence-corrected chi connectivity index (χ1v) is 7.28. The van der Waals surface area contributed by atoms with Crippen LogP contribution < -0.4 is 16.2 Å². The van der Waals surface area contributed by atoms with Gasteiger partial charge in [0.05, 0.1) is 11.6 Å². The molecule has 1 aromatic heterocycles. The molecule has 0 spiro atoms. The maximum atomic E-state index is 11.3. The van der Waals surface area contributed by atoms with E-state index in [9.17, 15) is 4.79 Å². The Morgan fingerprint density at radius 1 is 1.00 bits per heavy atom. The number of anilines is 1. The first-order valence-electron chi connectivity index (χ1n) is 7.28. The Kier molecular flexibility index (Phi) is 4.26. The quantitative estimate of drug-likeness (QED) is 0.756. The van der Waals surface area contributed by atoms with Crippen LogP contribution in [0, 0.1) is 11.3 Å². The average Bonchev–Trinajstić information content (AvgIpc) is 2.62. The van der Waals surface area contributed by atoms with Crippen molar-refractivity contribution in [3.8, 4) is 29.0 Å². The van der Waals surface area contributed by atoms with E-state index in [4.69, 9.17) is 21.5 Å². The number of benzene rings is 2. The molecule has 0 aliphatic carbocycles. The van der Waals surface area contributed by atoms with Crippen molar-refractivity contribution >= 4 is 11.7 Å². The molecular formula is C18H13N5O2. The number of primary amides is 1. The lowest BCUT2D eigenvalue weighted by atomic mass is 10.2. The lowest BCUT2D eigenvalue weighted by Gasteiger charge is -2.07. The van der Waals surface area contributed by atoms with E-state index in [0.29, 0.717) is 28.5 Å². The summed E-state index contributed by atoms with van der Waals surface area (Å²) in [7, 11) is 0. The molecule has 7 nitrogen and oxygen atoms in total. The second-order valence-electron chi connectivity index (χ2n) is 5.13. The number of nitriles is 1. The minimum absolute atomic E-state index is 0.0559. The van der Waals surface area contributed by atoms with Gasteiger partial charge in [-0.15, -0.1) is 0 Å². The van der Waals surface area contributed by atoms with Crippen molar-refractivity contribution in [3.05, 3.63) is 65.9 Å². The van der Waals surface area contributed by atoms with Crippen molar-refractivity contribution in [1.29, 1.82) is 5.26 Å². The molecule has 0 unspecified atom stereocenters. The lowest BCUT2D eigenvalue weighted by Crippen LogP contribution is -2.14. The van der Waals surface area contributed by atoms with E-state index in [0.717, 1.165) is 0 Å². The first kappa shape index (κ1) is 16.0. The number of ether oxygens (including phenoxy) is 1. The van der Waals surface area contributed by atoms with E-state index in [2.05, 4.69) is 9.97 Å². The second-order valence-corrected chi connectivity index (χ2v) is 5.13. The van der Waals surface area contributed by atoms with Crippen LogP contribution in [0.3, 0.4) is 0 Å². The predicted molar refractivity (Wildman–Crippen MR) is 91.6 cm³/mol. The summed E-state index contributed by atoms with van der Waals surface area (Å²) in [5.74, 6) is 1.02. The SMILES string of the molecule is N#Cc1ccc(Oc2ccc(-c3nc(N)cc(C(N)=O)n3)cc2)cc1. The average molecular weight is 331 g/mol. The molecule has 4 N–H and O–H groups in total. The maximum Gasteiger partial charge on any atom is 0.267 e. The molecule has 25 heavy (non-hydrogen) atoms. The monoisotopic (exact) mass is 331 g/mol. The van der Waals surface area contributed by atoms with Gasteiger partial charge < -0.3 is 16.2 Å². The van der Waals surface area contributed by atoms with Crippen LogP contribution in [0.1, 0.15) is 16.1 Å². The largest absolute Gasteiger partial charge is 0.457 e. The Morgan fingerprint density at radius 2 is 1.60 bits per heavy atom. The van der Waals surface area contributed by atoms with Crippen molar-refractivity contribution in [2.24, 2.45) is 5.73 Å². The topological polar surface area (TPSA) is 128 Å². The summed E-state index contributed by atoms with van der Waals surface area (Å²) >= 11 is 0. The van der Waals surface area contributed by atoms with Crippen molar-refractivity contribution in [1.82, 2.24) is 9.97 Å². The standard InChI is InChI=1S/C18H13N5O2/c19-10-11-1-5-13(6-2-11)25-14-7-3-12(4-8-14)18-22-15(17(21)24)9-16(20)23-18/h1-9H,(H2,21,24)(H2,20,22,23). The number of hydrogen-bond donors (Lipinski definition) is 2. The van der Waals surface area contributed by atoms with Crippen molar-refractivity contribution in [2.45, 2.75) is 0 Å². The van der Waals surface area contributed by atoms with Gasteiger partial charge in [-0.1, -0.05) is 0 Å². The van der Waals surface area contributed by atoms with E-state index in [1.165, 1.54) is 6.07 Å². The third kappa shape index (κ3) is 3.71. The minimum atomic E-state index is -0.670. The fraction of sp³-hybridized carbons (Fsp3) is 0. The van der Waals surface area contributed by atoms with Gasteiger partial charge in [-0.2, -0.15) is 5.26 Å². The summed E-state index contributed by atoms with van der Waals surface area (Å²) in [5.41, 5.74) is 12.2. The second kappa shape index (κ2) is 6.68. The Balaban J connectivity index is 1.82. The molecule has 1 heterocycles. The van der Waals surface area contributed by atoms with E-state index >= 15 is 0 Å². The van der Waals surface area contributed by atoms with Crippen LogP contribution in [0.5, 0.6) is 11.5 Å². The van der Waals surface area contributed by atoms with Gasteiger partial charge in [-0.05, 0) is 48.5 Å². The fourth-order valence-electron chi connectivity index (χ4n) is 2.13. The number of rotatable bonds is 4. The molecule has 0 aliphatic rings. The highest BCUT2D eigenvalue weighted by atomic mass is 16.5. The van der Waals surface area contributed by atoms with Crippen LogP contribution in [0.15, 0.2) is 54.6 Å². The van der Waals surface area contributed by atoms with Gasteiger partial charge in [0.1, 0.15) is 23.0 Å². The van der Waals surface area contributed by atoms with E-state index in [-0.39, 0.29) is 11.5 Å². The zero-order chi connectivity index (χ0) is 17.8. The van der Waals surface area contributed by atoms with Gasteiger partial charge in [0.25, 0.3) is 5.91 Å². The molecule has 122 valence electrons. The van der Waals surface area contributed by atoms with E-state index < -0.39 is 5.91 Å². The van der Waals surface area contributed by atoms with Crippen LogP contribution in [0.25, 0.3) is 11.4 Å². The molecule has 3 rings (SSSR count). The molecule has 0 saturated carbocycles. The van der Waals surface area contributed by atoms with Crippen molar-refractivity contribution in [2.75, 3.05) is 5.73 Å². The molecule has 0 bridgehead atoms. The molecule has 3 aromatic rings. The van der Waals surface area contributed by atoms with E-state index in [1.807, 2.05) is 6.07 Å². The smallest absolute Gasteiger partial charge is 0.267 e. The van der Waals surface area contributed by atoms with Crippen LogP contribution in [0.4, 0.5) is 5.82 Å². The lowest BCUT2D eigenvalue weighted by molar-refractivity contribution is 0.0995. The zero-order valence-corrected chi connectivity index (χ0v) is 13.0. The fourth-order valence-corrected chi connectivity index (χ4v) is 2.13. The summed E-state index contributed by atoms with van der Waals surface area (Å²) in [6.07, 6.45) is 0. The number of amides is 1. The van der Waals surface area contributed by atoms with Gasteiger partial charge >= 0.3 is 0 Å². The van der Waals surface area contributed by atoms with Gasteiger partial charge in [0.2, 0.25) is 0 Å². The van der Waals surface area contributed by atoms with Gasteiger partial charge in [0.15, 0.2) is 5.82 Å². The normalized spacial score (nSPS) is 10.0. The highest BCUT2D eigenvalue weighted by Gasteiger charge is 2.09. The number of carbonyl (C=O) groups is 1. The van der Waals surface area contributed by atoms with Crippen LogP contribution >= 0.6 is 0 Å². The Bertz CT molecular complexity index is 960. The summed E-state index contributed by atoms with van der Waals surface area (Å²) in [5, 5.41) is 8.79. The Labute approximate surface area is 143 Å². The number of nitrogens with two attached hydrogens (primary N) is 2. The molecule has 1 amide bonds. The minimum Gasteiger partial charge on any atom is -0.457 e. The molecule has 0 saturated heterocycles. The third-order valence-electron chi connectivity index (χ3n) is 3.33. The van der Waals surface area contributed by atoms with Crippen molar-refractivity contribution in [3.63, 3.8) is 0 Å². The number of nitrogens with zero attached hydrogens (tertiary/aromatic N) is 3. The first-order chi connectivity index (χ1) is 12.0. The summed E-state index contributed by atoms with van der Waals surface area (Å²) in [6, 6.07) is 17.1. The molecule has 0 radical (unpaired) electrons. The third-order valence-corrected chi connectivity index (χ3v) is 3.33. The summed E-state index contributed by atoms with van der Waals surface area (Å²) < 4.78 is 5.71. The number of nitrogen functional groups attached to an aromatic ring is 1. The molecule has 0 fully saturated rings. The number of aromatic nitrogens is 2. The Morgan fingerprint density at radius 3 is 2.16 bits per heavy atom. The zero-order valence-electron chi connectivity index (χ0n) is 13.0. The van der Waals surface area contributed by atoms with E-state index in [1.54, 1.807) is 48.5 Å². The highest BCUT2D eigenvalue weighted by molar-refractivity contribution is 5.91. The molecule has 7 heteroatoms. The molecular weight excluding hydrogens is 318 g/mol. The number of carbonyl (C=O) groups excluding carboxylic acids is 1. The summed E-state index contributed by atoms with van der Waals surface area (Å²) in [4.78, 5) is 19.5. The van der Waals surface area contributed by atoms with Crippen LogP contribution in [-0.2, 0) is 0 Å². The van der Waals surface area contributed by atoms with Crippen LogP contribution in [0.2, 0.25) is 0 Å². The van der Waals surface area contributed by atoms with Gasteiger partial charge in [0, 0.05) is 11.6 Å². The van der Waals surface area contributed by atoms with Gasteiger partial charge in [-0.25, -0.2) is 9.97 Å². The molecule has 0 aliphatic heterocycles. The van der Waals surface area contributed by atoms with Crippen molar-refractivity contribution < 1.29 is 9.53 Å². The molecule has 0 atom stereocenters. The molecule has 2 aromatic carbocycles. The maximum absolute atomic E-state index is 11.3. The number of hydrogen-bond acceptors (Lipinski definition) is 6. The Hall–Kier alpha value is -3.92. The highest BCUT2D eigenvalue weighted by Crippen LogP contribution is 2.25. The van der Waals surface area contributed by atoms with Crippen LogP contribution in [-0.4, -0.2) is 15.9 Å². The predicted octanol–water partition coefficient (Wildman–Crippen LogP) is 2.49. The summed E-state index contributed by atoms with van der Waals surface area (Å²) in [6.45, 7) is 0.